The summed E-state index contributed by atoms with van der Waals surface area (Å²) in [6, 6.07) is 0. The predicted molar refractivity (Wildman–Crippen MR) is 97.4 cm³/mol. The molecule has 8 heteroatoms. The molecule has 1 aliphatic rings. The molecule has 0 aromatic rings. The Morgan fingerprint density at radius 2 is 1.68 bits per heavy atom. The van der Waals surface area contributed by atoms with Gasteiger partial charge in [0.25, 0.3) is 0 Å². The third kappa shape index (κ3) is 37.7. The molecule has 1 rings (SSSR count). The molecule has 0 aromatic carbocycles. The SMILES string of the molecule is C1CCOC1.CC(C)(O)CCBr.COC(=O)CCBr.[Br-].[CH3-].[Mg+2]. The van der Waals surface area contributed by atoms with Gasteiger partial charge in [-0.05, 0) is 33.1 Å². The first-order chi connectivity index (χ1) is 8.87. The van der Waals surface area contributed by atoms with Crippen LogP contribution in [0.5, 0.6) is 0 Å². The Morgan fingerprint density at radius 3 is 1.77 bits per heavy atom. The molecule has 1 saturated heterocycles. The third-order valence-corrected chi connectivity index (χ3v) is 2.85. The van der Waals surface area contributed by atoms with Crippen molar-refractivity contribution in [3.63, 3.8) is 0 Å². The number of carbonyl (C=O) groups is 1. The Kier molecular flexibility index (Phi) is 39.3. The van der Waals surface area contributed by atoms with Crippen LogP contribution in [0.2, 0.25) is 0 Å². The molecular weight excluding hydrogens is 496 g/mol. The zero-order chi connectivity index (χ0) is 15.1. The van der Waals surface area contributed by atoms with Crippen LogP contribution in [0.4, 0.5) is 0 Å². The molecular formula is C14H29Br3MgO4. The fourth-order valence-electron chi connectivity index (χ4n) is 0.921. The van der Waals surface area contributed by atoms with E-state index in [4.69, 9.17) is 9.84 Å². The van der Waals surface area contributed by atoms with E-state index in [0.717, 1.165) is 25.0 Å². The van der Waals surface area contributed by atoms with E-state index in [2.05, 4.69) is 36.6 Å². The van der Waals surface area contributed by atoms with Gasteiger partial charge in [0, 0.05) is 23.9 Å². The number of esters is 1. The average molecular weight is 525 g/mol. The summed E-state index contributed by atoms with van der Waals surface area (Å²) in [6.07, 6.45) is 3.82. The summed E-state index contributed by atoms with van der Waals surface area (Å²) in [5.41, 5.74) is -0.497. The third-order valence-electron chi connectivity index (χ3n) is 2.06. The smallest absolute Gasteiger partial charge is 1.00 e. The average Bonchev–Trinajstić information content (AvgIpc) is 2.87. The normalized spacial score (nSPS) is 11.9. The van der Waals surface area contributed by atoms with Gasteiger partial charge in [-0.3, -0.25) is 4.79 Å². The number of halogens is 3. The van der Waals surface area contributed by atoms with Crippen LogP contribution in [0.25, 0.3) is 0 Å². The van der Waals surface area contributed by atoms with Crippen LogP contribution in [0.1, 0.15) is 39.5 Å². The Balaban J connectivity index is -0.0000000620. The van der Waals surface area contributed by atoms with Crippen molar-refractivity contribution in [2.75, 3.05) is 31.0 Å². The maximum atomic E-state index is 10.2. The minimum atomic E-state index is -0.497. The van der Waals surface area contributed by atoms with Crippen molar-refractivity contribution in [1.29, 1.82) is 0 Å². The van der Waals surface area contributed by atoms with E-state index in [9.17, 15) is 4.79 Å². The number of carbonyl (C=O) groups excluding carboxylic acids is 1. The van der Waals surface area contributed by atoms with Gasteiger partial charge >= 0.3 is 29.0 Å². The molecule has 0 spiro atoms. The van der Waals surface area contributed by atoms with Crippen molar-refractivity contribution in [3.05, 3.63) is 7.43 Å². The maximum absolute atomic E-state index is 10.2. The first-order valence-electron chi connectivity index (χ1n) is 6.36. The van der Waals surface area contributed by atoms with Gasteiger partial charge in [-0.2, -0.15) is 0 Å². The van der Waals surface area contributed by atoms with E-state index in [1.54, 1.807) is 13.8 Å². The molecule has 4 nitrogen and oxygen atoms in total. The Hall–Kier alpha value is 1.60. The molecule has 22 heavy (non-hydrogen) atoms. The summed E-state index contributed by atoms with van der Waals surface area (Å²) in [5, 5.41) is 10.5. The molecule has 1 fully saturated rings. The number of hydrogen-bond donors (Lipinski definition) is 1. The molecule has 0 unspecified atom stereocenters. The van der Waals surface area contributed by atoms with Crippen LogP contribution in [-0.4, -0.2) is 70.7 Å². The minimum absolute atomic E-state index is 0. The van der Waals surface area contributed by atoms with E-state index in [-0.39, 0.29) is 53.4 Å². The van der Waals surface area contributed by atoms with E-state index in [1.807, 2.05) is 0 Å². The Labute approximate surface area is 179 Å². The van der Waals surface area contributed by atoms with Crippen molar-refractivity contribution in [3.8, 4) is 0 Å². The second-order valence-corrected chi connectivity index (χ2v) is 6.17. The molecule has 0 amide bonds. The van der Waals surface area contributed by atoms with Gasteiger partial charge in [-0.1, -0.05) is 31.9 Å². The van der Waals surface area contributed by atoms with Crippen molar-refractivity contribution in [2.24, 2.45) is 0 Å². The zero-order valence-corrected chi connectivity index (χ0v) is 20.3. The zero-order valence-electron chi connectivity index (χ0n) is 14.2. The molecule has 1 N–H and O–H groups in total. The molecule has 0 bridgehead atoms. The molecule has 1 heterocycles. The number of alkyl halides is 2. The number of hydrogen-bond acceptors (Lipinski definition) is 4. The Bertz CT molecular complexity index is 203. The fourth-order valence-corrected chi connectivity index (χ4v) is 2.21. The van der Waals surface area contributed by atoms with Crippen LogP contribution in [0.3, 0.4) is 0 Å². The molecule has 0 atom stereocenters. The van der Waals surface area contributed by atoms with E-state index < -0.39 is 5.60 Å². The second kappa shape index (κ2) is 24.8. The van der Waals surface area contributed by atoms with Crippen LogP contribution >= 0.6 is 31.9 Å². The van der Waals surface area contributed by atoms with Crippen LogP contribution in [0.15, 0.2) is 0 Å². The monoisotopic (exact) mass is 522 g/mol. The van der Waals surface area contributed by atoms with Gasteiger partial charge in [0.15, 0.2) is 0 Å². The van der Waals surface area contributed by atoms with Crippen LogP contribution in [-0.2, 0) is 14.3 Å². The van der Waals surface area contributed by atoms with Gasteiger partial charge in [0.1, 0.15) is 0 Å². The van der Waals surface area contributed by atoms with Crippen molar-refractivity contribution >= 4 is 60.9 Å². The molecule has 0 saturated carbocycles. The maximum Gasteiger partial charge on any atom is 2.00 e. The van der Waals surface area contributed by atoms with Crippen LogP contribution in [0, 0.1) is 7.43 Å². The van der Waals surface area contributed by atoms with E-state index >= 15 is 0 Å². The molecule has 0 aromatic heterocycles. The van der Waals surface area contributed by atoms with E-state index in [1.165, 1.54) is 20.0 Å². The van der Waals surface area contributed by atoms with Gasteiger partial charge in [0.05, 0.1) is 19.1 Å². The van der Waals surface area contributed by atoms with Crippen LogP contribution < -0.4 is 17.0 Å². The number of aliphatic hydroxyl groups is 1. The molecule has 132 valence electrons. The van der Waals surface area contributed by atoms with Crippen molar-refractivity contribution < 1.29 is 36.4 Å². The Morgan fingerprint density at radius 1 is 1.23 bits per heavy atom. The summed E-state index contributed by atoms with van der Waals surface area (Å²) in [6.45, 7) is 5.60. The molecule has 0 aliphatic carbocycles. The second-order valence-electron chi connectivity index (χ2n) is 4.59. The van der Waals surface area contributed by atoms with Crippen molar-refractivity contribution in [2.45, 2.75) is 45.1 Å². The number of rotatable bonds is 4. The number of ether oxygens (including phenoxy) is 2. The standard InChI is InChI=1S/C5H11BrO.C4H7BrO2.C4H8O.CH3.BrH.Mg/c1-5(2,7)3-4-6;1-7-4(6)2-3-5;1-2-4-5-3-1;;;/h7H,3-4H2,1-2H3;2-3H2,1H3;1-4H2;1H3;1H;/q;;;-1;;+2/p-1. The summed E-state index contributed by atoms with van der Waals surface area (Å²) >= 11 is 6.32. The summed E-state index contributed by atoms with van der Waals surface area (Å²) < 4.78 is 9.27. The molecule has 1 aliphatic heterocycles. The summed E-state index contributed by atoms with van der Waals surface area (Å²) in [5.74, 6) is -0.170. The largest absolute Gasteiger partial charge is 2.00 e. The first-order valence-corrected chi connectivity index (χ1v) is 8.60. The quantitative estimate of drug-likeness (QED) is 0.249. The first kappa shape index (κ1) is 34.8. The topological polar surface area (TPSA) is 55.8 Å². The molecule has 0 radical (unpaired) electrons. The van der Waals surface area contributed by atoms with Gasteiger partial charge in [-0.15, -0.1) is 0 Å². The minimum Gasteiger partial charge on any atom is -1.00 e. The van der Waals surface area contributed by atoms with E-state index in [0.29, 0.717) is 11.8 Å². The predicted octanol–water partition coefficient (Wildman–Crippen LogP) is 0.357. The fraction of sp³-hybridized carbons (Fsp3) is 0.857. The van der Waals surface area contributed by atoms with Gasteiger partial charge < -0.3 is 39.0 Å². The van der Waals surface area contributed by atoms with Gasteiger partial charge in [0.2, 0.25) is 0 Å². The van der Waals surface area contributed by atoms with Gasteiger partial charge in [-0.25, -0.2) is 0 Å². The van der Waals surface area contributed by atoms with Crippen molar-refractivity contribution in [1.82, 2.24) is 0 Å². The number of methoxy groups -OCH3 is 1. The summed E-state index contributed by atoms with van der Waals surface area (Å²) in [7, 11) is 1.38. The summed E-state index contributed by atoms with van der Waals surface area (Å²) in [4.78, 5) is 10.2.